The molecular weight excluding hydrogens is 368 g/mol. The summed E-state index contributed by atoms with van der Waals surface area (Å²) in [6, 6.07) is 15.2. The van der Waals surface area contributed by atoms with E-state index in [1.807, 2.05) is 31.2 Å². The molecule has 2 aromatic carbocycles. The summed E-state index contributed by atoms with van der Waals surface area (Å²) in [5.41, 5.74) is 2.87. The number of methoxy groups -OCH3 is 1. The van der Waals surface area contributed by atoms with Crippen molar-refractivity contribution >= 4 is 45.5 Å². The number of hydrogen-bond acceptors (Lipinski definition) is 7. The third-order valence-electron chi connectivity index (χ3n) is 3.38. The van der Waals surface area contributed by atoms with Gasteiger partial charge in [0.25, 0.3) is 0 Å². The highest BCUT2D eigenvalue weighted by Crippen LogP contribution is 2.28. The van der Waals surface area contributed by atoms with Crippen LogP contribution < -0.4 is 15.4 Å². The predicted octanol–water partition coefficient (Wildman–Crippen LogP) is 4.33. The zero-order chi connectivity index (χ0) is 18.4. The molecule has 0 aliphatic carbocycles. The van der Waals surface area contributed by atoms with Crippen LogP contribution in [0.2, 0.25) is 0 Å². The van der Waals surface area contributed by atoms with Crippen molar-refractivity contribution in [2.24, 2.45) is 0 Å². The van der Waals surface area contributed by atoms with E-state index in [9.17, 15) is 4.79 Å². The van der Waals surface area contributed by atoms with E-state index < -0.39 is 0 Å². The summed E-state index contributed by atoms with van der Waals surface area (Å²) in [6.45, 7) is 2.04. The molecule has 3 aromatic rings. The van der Waals surface area contributed by atoms with Crippen LogP contribution >= 0.6 is 23.1 Å². The summed E-state index contributed by atoms with van der Waals surface area (Å²) in [7, 11) is 1.61. The van der Waals surface area contributed by atoms with Crippen molar-refractivity contribution in [1.82, 2.24) is 10.2 Å². The molecule has 1 aromatic heterocycles. The fourth-order valence-corrected chi connectivity index (χ4v) is 3.74. The molecule has 0 saturated heterocycles. The van der Waals surface area contributed by atoms with E-state index >= 15 is 0 Å². The molecule has 0 radical (unpaired) electrons. The second-order valence-corrected chi connectivity index (χ2v) is 7.63. The van der Waals surface area contributed by atoms with Gasteiger partial charge in [0.15, 0.2) is 4.34 Å². The molecule has 6 nitrogen and oxygen atoms in total. The average molecular weight is 387 g/mol. The Morgan fingerprint density at radius 2 is 1.96 bits per heavy atom. The second-order valence-electron chi connectivity index (χ2n) is 5.43. The molecule has 0 aliphatic heterocycles. The number of amides is 1. The highest BCUT2D eigenvalue weighted by molar-refractivity contribution is 8.01. The molecule has 8 heteroatoms. The van der Waals surface area contributed by atoms with Crippen LogP contribution in [0, 0.1) is 6.92 Å². The van der Waals surface area contributed by atoms with Gasteiger partial charge >= 0.3 is 0 Å². The number of nitrogens with zero attached hydrogens (tertiary/aromatic N) is 2. The maximum absolute atomic E-state index is 12.1. The predicted molar refractivity (Wildman–Crippen MR) is 107 cm³/mol. The Bertz CT molecular complexity index is 881. The molecule has 3 rings (SSSR count). The van der Waals surface area contributed by atoms with Crippen LogP contribution in [-0.4, -0.2) is 29.0 Å². The molecule has 26 heavy (non-hydrogen) atoms. The van der Waals surface area contributed by atoms with Gasteiger partial charge < -0.3 is 15.4 Å². The first-order chi connectivity index (χ1) is 12.6. The van der Waals surface area contributed by atoms with Gasteiger partial charge in [-0.15, -0.1) is 10.2 Å². The van der Waals surface area contributed by atoms with Crippen molar-refractivity contribution in [3.63, 3.8) is 0 Å². The van der Waals surface area contributed by atoms with E-state index in [4.69, 9.17) is 4.74 Å². The first-order valence-electron chi connectivity index (χ1n) is 7.86. The monoisotopic (exact) mass is 386 g/mol. The Kier molecular flexibility index (Phi) is 6.08. The van der Waals surface area contributed by atoms with Gasteiger partial charge in [-0.25, -0.2) is 0 Å². The standard InChI is InChI=1S/C18H18N4O2S2/c1-12-4-3-5-14(10-12)20-17-21-22-18(26-17)25-11-16(23)19-13-6-8-15(24-2)9-7-13/h3-10H,11H2,1-2H3,(H,19,23)(H,20,21). The third-order valence-corrected chi connectivity index (χ3v) is 5.35. The van der Waals surface area contributed by atoms with Gasteiger partial charge in [0.1, 0.15) is 5.75 Å². The van der Waals surface area contributed by atoms with Crippen molar-refractivity contribution in [2.75, 3.05) is 23.5 Å². The molecule has 0 bridgehead atoms. The zero-order valence-corrected chi connectivity index (χ0v) is 16.0. The van der Waals surface area contributed by atoms with E-state index in [0.717, 1.165) is 21.5 Å². The molecule has 134 valence electrons. The number of hydrogen-bond donors (Lipinski definition) is 2. The van der Waals surface area contributed by atoms with Crippen molar-refractivity contribution in [2.45, 2.75) is 11.3 Å². The number of carbonyl (C=O) groups is 1. The van der Waals surface area contributed by atoms with Gasteiger partial charge in [-0.1, -0.05) is 35.2 Å². The number of ether oxygens (including phenoxy) is 1. The summed E-state index contributed by atoms with van der Waals surface area (Å²) in [5, 5.41) is 15.0. The van der Waals surface area contributed by atoms with Crippen LogP contribution in [0.4, 0.5) is 16.5 Å². The van der Waals surface area contributed by atoms with E-state index in [2.05, 4.69) is 20.8 Å². The maximum Gasteiger partial charge on any atom is 0.234 e. The third kappa shape index (κ3) is 5.21. The van der Waals surface area contributed by atoms with E-state index in [0.29, 0.717) is 5.13 Å². The van der Waals surface area contributed by atoms with Gasteiger partial charge in [-0.3, -0.25) is 4.79 Å². The van der Waals surface area contributed by atoms with Crippen molar-refractivity contribution in [3.8, 4) is 5.75 Å². The molecule has 2 N–H and O–H groups in total. The minimum absolute atomic E-state index is 0.0939. The summed E-state index contributed by atoms with van der Waals surface area (Å²) in [4.78, 5) is 12.1. The summed E-state index contributed by atoms with van der Waals surface area (Å²) >= 11 is 2.78. The zero-order valence-electron chi connectivity index (χ0n) is 14.4. The minimum Gasteiger partial charge on any atom is -0.497 e. The molecule has 0 saturated carbocycles. The van der Waals surface area contributed by atoms with Crippen molar-refractivity contribution in [3.05, 3.63) is 54.1 Å². The lowest BCUT2D eigenvalue weighted by atomic mass is 10.2. The summed E-state index contributed by atoms with van der Waals surface area (Å²) in [5.74, 6) is 0.925. The van der Waals surface area contributed by atoms with Gasteiger partial charge in [0.05, 0.1) is 12.9 Å². The molecular formula is C18H18N4O2S2. The molecule has 1 heterocycles. The number of thioether (sulfide) groups is 1. The average Bonchev–Trinajstić information content (AvgIpc) is 3.08. The highest BCUT2D eigenvalue weighted by Gasteiger charge is 2.09. The number of aromatic nitrogens is 2. The van der Waals surface area contributed by atoms with Gasteiger partial charge in [0.2, 0.25) is 11.0 Å². The normalized spacial score (nSPS) is 10.4. The Hall–Kier alpha value is -2.58. The molecule has 0 unspecified atom stereocenters. The summed E-state index contributed by atoms with van der Waals surface area (Å²) in [6.07, 6.45) is 0. The van der Waals surface area contributed by atoms with E-state index in [1.165, 1.54) is 28.7 Å². The maximum atomic E-state index is 12.1. The lowest BCUT2D eigenvalue weighted by Gasteiger charge is -2.05. The highest BCUT2D eigenvalue weighted by atomic mass is 32.2. The SMILES string of the molecule is COc1ccc(NC(=O)CSc2nnc(Nc3cccc(C)c3)s2)cc1. The Morgan fingerprint density at radius 1 is 1.15 bits per heavy atom. The molecule has 1 amide bonds. The minimum atomic E-state index is -0.0939. The first-order valence-corrected chi connectivity index (χ1v) is 9.66. The van der Waals surface area contributed by atoms with E-state index in [-0.39, 0.29) is 11.7 Å². The Morgan fingerprint density at radius 3 is 2.69 bits per heavy atom. The first kappa shape index (κ1) is 18.2. The van der Waals surface area contributed by atoms with E-state index in [1.54, 1.807) is 31.4 Å². The molecule has 0 fully saturated rings. The fraction of sp³-hybridized carbons (Fsp3) is 0.167. The molecule has 0 aliphatic rings. The second kappa shape index (κ2) is 8.68. The lowest BCUT2D eigenvalue weighted by Crippen LogP contribution is -2.13. The van der Waals surface area contributed by atoms with Gasteiger partial charge in [0, 0.05) is 11.4 Å². The molecule has 0 atom stereocenters. The smallest absolute Gasteiger partial charge is 0.234 e. The Labute approximate surface area is 160 Å². The summed E-state index contributed by atoms with van der Waals surface area (Å²) < 4.78 is 5.84. The van der Waals surface area contributed by atoms with Crippen LogP contribution in [0.15, 0.2) is 52.9 Å². The number of carbonyl (C=O) groups excluding carboxylic acids is 1. The van der Waals surface area contributed by atoms with Crippen LogP contribution in [0.5, 0.6) is 5.75 Å². The topological polar surface area (TPSA) is 76.1 Å². The van der Waals surface area contributed by atoms with Crippen LogP contribution in [0.25, 0.3) is 0 Å². The van der Waals surface area contributed by atoms with Crippen LogP contribution in [0.1, 0.15) is 5.56 Å². The van der Waals surface area contributed by atoms with Crippen LogP contribution in [-0.2, 0) is 4.79 Å². The number of rotatable bonds is 7. The van der Waals surface area contributed by atoms with Crippen LogP contribution in [0.3, 0.4) is 0 Å². The van der Waals surface area contributed by atoms with Crippen molar-refractivity contribution in [1.29, 1.82) is 0 Å². The van der Waals surface area contributed by atoms with Gasteiger partial charge in [-0.05, 0) is 48.9 Å². The number of aryl methyl sites for hydroxylation is 1. The quantitative estimate of drug-likeness (QED) is 0.589. The largest absolute Gasteiger partial charge is 0.497 e. The fourth-order valence-electron chi connectivity index (χ4n) is 2.16. The van der Waals surface area contributed by atoms with Gasteiger partial charge in [-0.2, -0.15) is 0 Å². The number of benzene rings is 2. The number of nitrogens with one attached hydrogen (secondary N) is 2. The van der Waals surface area contributed by atoms with Crippen molar-refractivity contribution < 1.29 is 9.53 Å². The number of anilines is 3. The lowest BCUT2D eigenvalue weighted by molar-refractivity contribution is -0.113. The Balaban J connectivity index is 1.50. The molecule has 0 spiro atoms.